The standard InChI is InChI=1S/C14H20N4O2S/c19-8-11-9-20-5-3-17(11)13-12(7-15-10-1-2-10)18-4-6-21-14(18)16-13/h4,6,10-11,15,19H,1-3,5,7-9H2. The number of thiazole rings is 1. The van der Waals surface area contributed by atoms with Crippen LogP contribution in [0.5, 0.6) is 0 Å². The van der Waals surface area contributed by atoms with E-state index in [2.05, 4.69) is 26.2 Å². The van der Waals surface area contributed by atoms with Crippen LogP contribution >= 0.6 is 11.3 Å². The molecule has 2 aliphatic rings. The molecule has 1 saturated carbocycles. The molecule has 1 saturated heterocycles. The van der Waals surface area contributed by atoms with Gasteiger partial charge in [0.15, 0.2) is 10.8 Å². The van der Waals surface area contributed by atoms with Gasteiger partial charge in [-0.3, -0.25) is 4.40 Å². The number of rotatable bonds is 5. The summed E-state index contributed by atoms with van der Waals surface area (Å²) in [6, 6.07) is 0.670. The number of fused-ring (bicyclic) bond motifs is 1. The minimum Gasteiger partial charge on any atom is -0.394 e. The lowest BCUT2D eigenvalue weighted by Gasteiger charge is -2.35. The zero-order valence-corrected chi connectivity index (χ0v) is 12.7. The second kappa shape index (κ2) is 5.57. The first-order valence-corrected chi connectivity index (χ1v) is 8.38. The third-order valence-electron chi connectivity index (χ3n) is 4.19. The van der Waals surface area contributed by atoms with E-state index in [4.69, 9.17) is 9.72 Å². The van der Waals surface area contributed by atoms with E-state index in [9.17, 15) is 5.11 Å². The number of aromatic nitrogens is 2. The Morgan fingerprint density at radius 1 is 1.48 bits per heavy atom. The van der Waals surface area contributed by atoms with Gasteiger partial charge >= 0.3 is 0 Å². The maximum Gasteiger partial charge on any atom is 0.195 e. The van der Waals surface area contributed by atoms with Crippen LogP contribution in [0, 0.1) is 0 Å². The number of hydrogen-bond acceptors (Lipinski definition) is 6. The zero-order chi connectivity index (χ0) is 14.2. The predicted octanol–water partition coefficient (Wildman–Crippen LogP) is 0.845. The van der Waals surface area contributed by atoms with Gasteiger partial charge in [-0.15, -0.1) is 11.3 Å². The van der Waals surface area contributed by atoms with Gasteiger partial charge in [-0.2, -0.15) is 0 Å². The molecule has 2 aromatic rings. The van der Waals surface area contributed by atoms with Gasteiger partial charge in [-0.05, 0) is 12.8 Å². The lowest BCUT2D eigenvalue weighted by molar-refractivity contribution is 0.0722. The SMILES string of the molecule is OCC1COCCN1c1nc2sccn2c1CNC1CC1. The van der Waals surface area contributed by atoms with E-state index >= 15 is 0 Å². The number of imidazole rings is 1. The van der Waals surface area contributed by atoms with Gasteiger partial charge in [0, 0.05) is 30.7 Å². The number of aliphatic hydroxyl groups excluding tert-OH is 1. The molecular formula is C14H20N4O2S. The number of morpholine rings is 1. The summed E-state index contributed by atoms with van der Waals surface area (Å²) in [4.78, 5) is 8.01. The fourth-order valence-electron chi connectivity index (χ4n) is 2.83. The van der Waals surface area contributed by atoms with E-state index < -0.39 is 0 Å². The highest BCUT2D eigenvalue weighted by atomic mass is 32.1. The summed E-state index contributed by atoms with van der Waals surface area (Å²) in [6.07, 6.45) is 4.63. The van der Waals surface area contributed by atoms with Crippen LogP contribution in [0.2, 0.25) is 0 Å². The van der Waals surface area contributed by atoms with Crippen molar-refractivity contribution in [3.63, 3.8) is 0 Å². The quantitative estimate of drug-likeness (QED) is 0.857. The number of anilines is 1. The molecule has 6 nitrogen and oxygen atoms in total. The van der Waals surface area contributed by atoms with Crippen molar-refractivity contribution in [2.24, 2.45) is 0 Å². The molecule has 0 aromatic carbocycles. The van der Waals surface area contributed by atoms with Crippen molar-refractivity contribution in [2.75, 3.05) is 31.3 Å². The van der Waals surface area contributed by atoms with Crippen molar-refractivity contribution < 1.29 is 9.84 Å². The topological polar surface area (TPSA) is 62.0 Å². The minimum atomic E-state index is 0.00281. The van der Waals surface area contributed by atoms with Crippen molar-refractivity contribution in [3.05, 3.63) is 17.3 Å². The first kappa shape index (κ1) is 13.5. The van der Waals surface area contributed by atoms with E-state index in [-0.39, 0.29) is 12.6 Å². The molecule has 0 bridgehead atoms. The van der Waals surface area contributed by atoms with E-state index in [0.29, 0.717) is 19.3 Å². The first-order valence-electron chi connectivity index (χ1n) is 7.50. The smallest absolute Gasteiger partial charge is 0.195 e. The lowest BCUT2D eigenvalue weighted by atomic mass is 10.2. The molecule has 1 aliphatic carbocycles. The van der Waals surface area contributed by atoms with Gasteiger partial charge in [0.05, 0.1) is 31.6 Å². The molecule has 2 aromatic heterocycles. The number of aliphatic hydroxyl groups is 1. The Morgan fingerprint density at radius 2 is 2.38 bits per heavy atom. The van der Waals surface area contributed by atoms with Crippen LogP contribution in [0.4, 0.5) is 5.82 Å². The lowest BCUT2D eigenvalue weighted by Crippen LogP contribution is -2.48. The highest BCUT2D eigenvalue weighted by Gasteiger charge is 2.29. The molecule has 0 radical (unpaired) electrons. The van der Waals surface area contributed by atoms with Gasteiger partial charge in [-0.25, -0.2) is 4.98 Å². The van der Waals surface area contributed by atoms with Crippen LogP contribution in [0.15, 0.2) is 11.6 Å². The number of nitrogens with zero attached hydrogens (tertiary/aromatic N) is 3. The van der Waals surface area contributed by atoms with Crippen LogP contribution in [-0.2, 0) is 11.3 Å². The maximum atomic E-state index is 9.60. The molecule has 1 unspecified atom stereocenters. The minimum absolute atomic E-state index is 0.00281. The molecule has 2 fully saturated rings. The summed E-state index contributed by atoms with van der Waals surface area (Å²) in [5.41, 5.74) is 1.19. The van der Waals surface area contributed by atoms with Gasteiger partial charge in [0.2, 0.25) is 0 Å². The second-order valence-electron chi connectivity index (χ2n) is 5.70. The van der Waals surface area contributed by atoms with Crippen molar-refractivity contribution in [1.82, 2.24) is 14.7 Å². The van der Waals surface area contributed by atoms with Crippen molar-refractivity contribution in [3.8, 4) is 0 Å². The molecule has 0 amide bonds. The Morgan fingerprint density at radius 3 is 3.19 bits per heavy atom. The average molecular weight is 308 g/mol. The Bertz CT molecular complexity index is 622. The molecule has 2 N–H and O–H groups in total. The van der Waals surface area contributed by atoms with Crippen LogP contribution in [0.25, 0.3) is 4.96 Å². The average Bonchev–Trinajstić information content (AvgIpc) is 3.12. The summed E-state index contributed by atoms with van der Waals surface area (Å²) >= 11 is 1.65. The number of ether oxygens (including phenoxy) is 1. The van der Waals surface area contributed by atoms with Crippen LogP contribution in [-0.4, -0.2) is 52.9 Å². The molecule has 0 spiro atoms. The van der Waals surface area contributed by atoms with Crippen molar-refractivity contribution in [2.45, 2.75) is 31.5 Å². The van der Waals surface area contributed by atoms with Crippen LogP contribution in [0.1, 0.15) is 18.5 Å². The van der Waals surface area contributed by atoms with Crippen molar-refractivity contribution in [1.29, 1.82) is 0 Å². The van der Waals surface area contributed by atoms with Crippen molar-refractivity contribution >= 4 is 22.1 Å². The molecule has 1 aliphatic heterocycles. The third-order valence-corrected chi connectivity index (χ3v) is 4.94. The fourth-order valence-corrected chi connectivity index (χ4v) is 3.56. The summed E-state index contributed by atoms with van der Waals surface area (Å²) in [5.74, 6) is 0.998. The molecule has 114 valence electrons. The molecule has 7 heteroatoms. The molecule has 4 rings (SSSR count). The third kappa shape index (κ3) is 2.55. The molecule has 1 atom stereocenters. The zero-order valence-electron chi connectivity index (χ0n) is 11.9. The largest absolute Gasteiger partial charge is 0.394 e. The molecule has 21 heavy (non-hydrogen) atoms. The van der Waals surface area contributed by atoms with E-state index in [1.807, 2.05) is 0 Å². The Kier molecular flexibility index (Phi) is 3.58. The Balaban J connectivity index is 1.68. The molecular weight excluding hydrogens is 288 g/mol. The normalized spacial score (nSPS) is 23.1. The van der Waals surface area contributed by atoms with Gasteiger partial charge < -0.3 is 20.1 Å². The van der Waals surface area contributed by atoms with E-state index in [0.717, 1.165) is 23.9 Å². The first-order chi connectivity index (χ1) is 10.4. The fraction of sp³-hybridized carbons (Fsp3) is 0.643. The van der Waals surface area contributed by atoms with Gasteiger partial charge in [0.1, 0.15) is 0 Å². The maximum absolute atomic E-state index is 9.60. The number of nitrogens with one attached hydrogen (secondary N) is 1. The number of hydrogen-bond donors (Lipinski definition) is 2. The monoisotopic (exact) mass is 308 g/mol. The summed E-state index contributed by atoms with van der Waals surface area (Å²) < 4.78 is 7.65. The molecule has 3 heterocycles. The second-order valence-corrected chi connectivity index (χ2v) is 6.57. The predicted molar refractivity (Wildman–Crippen MR) is 82.0 cm³/mol. The van der Waals surface area contributed by atoms with Crippen LogP contribution < -0.4 is 10.2 Å². The Labute approximate surface area is 127 Å². The van der Waals surface area contributed by atoms with E-state index in [1.54, 1.807) is 11.3 Å². The van der Waals surface area contributed by atoms with Crippen LogP contribution in [0.3, 0.4) is 0 Å². The van der Waals surface area contributed by atoms with Gasteiger partial charge in [-0.1, -0.05) is 0 Å². The Hall–Kier alpha value is -1.15. The highest BCUT2D eigenvalue weighted by Crippen LogP contribution is 2.28. The highest BCUT2D eigenvalue weighted by molar-refractivity contribution is 7.15. The summed E-state index contributed by atoms with van der Waals surface area (Å²) in [6.45, 7) is 2.97. The van der Waals surface area contributed by atoms with E-state index in [1.165, 1.54) is 18.5 Å². The van der Waals surface area contributed by atoms with Gasteiger partial charge in [0.25, 0.3) is 0 Å². The summed E-state index contributed by atoms with van der Waals surface area (Å²) in [5, 5.41) is 15.2. The summed E-state index contributed by atoms with van der Waals surface area (Å²) in [7, 11) is 0.